The van der Waals surface area contributed by atoms with Crippen LogP contribution in [0, 0.1) is 13.8 Å². The van der Waals surface area contributed by atoms with E-state index in [0.717, 1.165) is 21.0 Å². The second-order valence-electron chi connectivity index (χ2n) is 8.25. The van der Waals surface area contributed by atoms with Gasteiger partial charge in [0.25, 0.3) is 10.0 Å². The molecule has 0 heterocycles. The average Bonchev–Trinajstić information content (AvgIpc) is 2.86. The Morgan fingerprint density at radius 1 is 0.971 bits per heavy atom. The van der Waals surface area contributed by atoms with E-state index in [-0.39, 0.29) is 16.6 Å². The second kappa shape index (κ2) is 11.3. The zero-order chi connectivity index (χ0) is 25.6. The van der Waals surface area contributed by atoms with E-state index in [9.17, 15) is 13.2 Å². The van der Waals surface area contributed by atoms with Crippen LogP contribution in [0.5, 0.6) is 11.5 Å². The first-order valence-corrected chi connectivity index (χ1v) is 12.8. The van der Waals surface area contributed by atoms with Crippen LogP contribution in [0.2, 0.25) is 0 Å². The lowest BCUT2D eigenvalue weighted by Crippen LogP contribution is -2.42. The summed E-state index contributed by atoms with van der Waals surface area (Å²) in [5.41, 5.74) is 3.42. The fourth-order valence-corrected chi connectivity index (χ4v) is 5.44. The van der Waals surface area contributed by atoms with Gasteiger partial charge in [-0.15, -0.1) is 0 Å². The zero-order valence-corrected chi connectivity index (χ0v) is 21.6. The van der Waals surface area contributed by atoms with Gasteiger partial charge >= 0.3 is 0 Å². The van der Waals surface area contributed by atoms with Gasteiger partial charge in [0.15, 0.2) is 0 Å². The lowest BCUT2D eigenvalue weighted by molar-refractivity contribution is -0.120. The van der Waals surface area contributed by atoms with Crippen molar-refractivity contribution in [1.82, 2.24) is 5.32 Å². The van der Waals surface area contributed by atoms with E-state index >= 15 is 0 Å². The molecular formula is C27H32N2O5S. The number of methoxy groups -OCH3 is 2. The minimum absolute atomic E-state index is 0.0686. The van der Waals surface area contributed by atoms with E-state index in [2.05, 4.69) is 11.4 Å². The SMILES string of the molecule is CCC(NC(=O)CN(c1cc(OC)ccc1OC)S(=O)(=O)c1ccccc1)c1ccc(C)cc1C. The van der Waals surface area contributed by atoms with Gasteiger partial charge < -0.3 is 14.8 Å². The van der Waals surface area contributed by atoms with Crippen LogP contribution >= 0.6 is 0 Å². The van der Waals surface area contributed by atoms with E-state index in [1.54, 1.807) is 36.4 Å². The molecule has 0 radical (unpaired) electrons. The van der Waals surface area contributed by atoms with E-state index < -0.39 is 22.5 Å². The average molecular weight is 497 g/mol. The highest BCUT2D eigenvalue weighted by Crippen LogP contribution is 2.35. The summed E-state index contributed by atoms with van der Waals surface area (Å²) in [5.74, 6) is 0.317. The molecule has 7 nitrogen and oxygen atoms in total. The predicted molar refractivity (Wildman–Crippen MR) is 138 cm³/mol. The topological polar surface area (TPSA) is 84.9 Å². The number of ether oxygens (including phenoxy) is 2. The maximum atomic E-state index is 13.7. The molecular weight excluding hydrogens is 464 g/mol. The van der Waals surface area contributed by atoms with Crippen molar-refractivity contribution >= 4 is 21.6 Å². The van der Waals surface area contributed by atoms with Crippen LogP contribution in [0.3, 0.4) is 0 Å². The van der Waals surface area contributed by atoms with E-state index in [1.165, 1.54) is 26.4 Å². The highest BCUT2D eigenvalue weighted by molar-refractivity contribution is 7.92. The van der Waals surface area contributed by atoms with Crippen LogP contribution in [-0.4, -0.2) is 35.1 Å². The smallest absolute Gasteiger partial charge is 0.264 e. The van der Waals surface area contributed by atoms with Crippen molar-refractivity contribution in [3.05, 3.63) is 83.4 Å². The molecule has 0 aromatic heterocycles. The second-order valence-corrected chi connectivity index (χ2v) is 10.1. The van der Waals surface area contributed by atoms with Crippen molar-refractivity contribution in [2.75, 3.05) is 25.1 Å². The van der Waals surface area contributed by atoms with Crippen molar-refractivity contribution < 1.29 is 22.7 Å². The van der Waals surface area contributed by atoms with Gasteiger partial charge in [-0.25, -0.2) is 8.42 Å². The maximum absolute atomic E-state index is 13.7. The van der Waals surface area contributed by atoms with Crippen molar-refractivity contribution in [3.8, 4) is 11.5 Å². The number of benzene rings is 3. The molecule has 3 aromatic rings. The number of hydrogen-bond acceptors (Lipinski definition) is 5. The molecule has 0 aliphatic rings. The van der Waals surface area contributed by atoms with Gasteiger partial charge in [0, 0.05) is 6.07 Å². The van der Waals surface area contributed by atoms with Gasteiger partial charge in [0.2, 0.25) is 5.91 Å². The minimum Gasteiger partial charge on any atom is -0.497 e. The Morgan fingerprint density at radius 3 is 2.29 bits per heavy atom. The van der Waals surface area contributed by atoms with Gasteiger partial charge in [-0.05, 0) is 55.7 Å². The molecule has 1 amide bonds. The number of anilines is 1. The van der Waals surface area contributed by atoms with Gasteiger partial charge in [0.05, 0.1) is 30.8 Å². The van der Waals surface area contributed by atoms with Crippen LogP contribution in [0.1, 0.15) is 36.1 Å². The van der Waals surface area contributed by atoms with Gasteiger partial charge in [-0.2, -0.15) is 0 Å². The third-order valence-electron chi connectivity index (χ3n) is 5.82. The molecule has 0 saturated carbocycles. The van der Waals surface area contributed by atoms with E-state index in [4.69, 9.17) is 9.47 Å². The molecule has 0 fully saturated rings. The van der Waals surface area contributed by atoms with Crippen LogP contribution < -0.4 is 19.1 Å². The number of nitrogens with zero attached hydrogens (tertiary/aromatic N) is 1. The minimum atomic E-state index is -4.09. The molecule has 3 rings (SSSR count). The predicted octanol–water partition coefficient (Wildman–Crippen LogP) is 4.78. The third-order valence-corrected chi connectivity index (χ3v) is 7.59. The highest BCUT2D eigenvalue weighted by atomic mass is 32.2. The Kier molecular flexibility index (Phi) is 8.40. The summed E-state index contributed by atoms with van der Waals surface area (Å²) in [6, 6.07) is 18.7. The molecule has 8 heteroatoms. The van der Waals surface area contributed by atoms with E-state index in [0.29, 0.717) is 17.9 Å². The van der Waals surface area contributed by atoms with Crippen LogP contribution in [0.4, 0.5) is 5.69 Å². The van der Waals surface area contributed by atoms with Crippen molar-refractivity contribution in [1.29, 1.82) is 0 Å². The summed E-state index contributed by atoms with van der Waals surface area (Å²) >= 11 is 0. The Morgan fingerprint density at radius 2 is 1.69 bits per heavy atom. The monoisotopic (exact) mass is 496 g/mol. The largest absolute Gasteiger partial charge is 0.497 e. The first kappa shape index (κ1) is 26.1. The number of hydrogen-bond donors (Lipinski definition) is 1. The number of nitrogens with one attached hydrogen (secondary N) is 1. The Bertz CT molecular complexity index is 1280. The maximum Gasteiger partial charge on any atom is 0.264 e. The molecule has 0 aliphatic heterocycles. The molecule has 0 saturated heterocycles. The van der Waals surface area contributed by atoms with Crippen molar-refractivity contribution in [3.63, 3.8) is 0 Å². The number of amides is 1. The Balaban J connectivity index is 2.01. The van der Waals surface area contributed by atoms with Gasteiger partial charge in [-0.3, -0.25) is 9.10 Å². The van der Waals surface area contributed by atoms with Crippen LogP contribution in [0.25, 0.3) is 0 Å². The summed E-state index contributed by atoms with van der Waals surface area (Å²) in [7, 11) is -1.15. The summed E-state index contributed by atoms with van der Waals surface area (Å²) < 4.78 is 39.2. The van der Waals surface area contributed by atoms with Crippen LogP contribution in [0.15, 0.2) is 71.6 Å². The van der Waals surface area contributed by atoms with Crippen molar-refractivity contribution in [2.24, 2.45) is 0 Å². The first-order chi connectivity index (χ1) is 16.7. The number of carbonyl (C=O) groups excluding carboxylic acids is 1. The standard InChI is InChI=1S/C27H32N2O5S/c1-6-24(23-14-12-19(2)16-20(23)3)28-27(30)18-29(35(31,32)22-10-8-7-9-11-22)25-17-21(33-4)13-15-26(25)34-5/h7-17,24H,6,18H2,1-5H3,(H,28,30). The van der Waals surface area contributed by atoms with Crippen LogP contribution in [-0.2, 0) is 14.8 Å². The lowest BCUT2D eigenvalue weighted by Gasteiger charge is -2.27. The molecule has 1 unspecified atom stereocenters. The first-order valence-electron chi connectivity index (χ1n) is 11.4. The molecule has 186 valence electrons. The number of rotatable bonds is 10. The summed E-state index contributed by atoms with van der Waals surface area (Å²) in [6.45, 7) is 5.57. The van der Waals surface area contributed by atoms with Gasteiger partial charge in [-0.1, -0.05) is 48.9 Å². The molecule has 35 heavy (non-hydrogen) atoms. The number of sulfonamides is 1. The molecule has 0 spiro atoms. The summed E-state index contributed by atoms with van der Waals surface area (Å²) in [4.78, 5) is 13.4. The summed E-state index contributed by atoms with van der Waals surface area (Å²) in [5, 5.41) is 3.02. The number of aryl methyl sites for hydroxylation is 2. The zero-order valence-electron chi connectivity index (χ0n) is 20.7. The Hall–Kier alpha value is -3.52. The van der Waals surface area contributed by atoms with Gasteiger partial charge in [0.1, 0.15) is 18.0 Å². The van der Waals surface area contributed by atoms with E-state index in [1.807, 2.05) is 32.9 Å². The molecule has 1 N–H and O–H groups in total. The molecule has 3 aromatic carbocycles. The fraction of sp³-hybridized carbons (Fsp3) is 0.296. The summed E-state index contributed by atoms with van der Waals surface area (Å²) in [6.07, 6.45) is 0.656. The quantitative estimate of drug-likeness (QED) is 0.437. The fourth-order valence-electron chi connectivity index (χ4n) is 4.00. The lowest BCUT2D eigenvalue weighted by atomic mass is 9.97. The molecule has 0 bridgehead atoms. The molecule has 0 aliphatic carbocycles. The number of carbonyl (C=O) groups is 1. The third kappa shape index (κ3) is 5.95. The Labute approximate surface area is 207 Å². The van der Waals surface area contributed by atoms with Crippen molar-refractivity contribution in [2.45, 2.75) is 38.1 Å². The normalized spacial score (nSPS) is 12.0. The highest BCUT2D eigenvalue weighted by Gasteiger charge is 2.30. The molecule has 1 atom stereocenters.